The Morgan fingerprint density at radius 1 is 1.04 bits per heavy atom. The van der Waals surface area contributed by atoms with Crippen molar-refractivity contribution >= 4 is 29.7 Å². The summed E-state index contributed by atoms with van der Waals surface area (Å²) < 4.78 is 123. The summed E-state index contributed by atoms with van der Waals surface area (Å²) in [5.41, 5.74) is 0.497. The van der Waals surface area contributed by atoms with Crippen molar-refractivity contribution in [1.29, 1.82) is 0 Å². The Balaban J connectivity index is 1.52. The molecule has 2 fully saturated rings. The fourth-order valence-electron chi connectivity index (χ4n) is 6.01. The molecule has 2 aromatic rings. The van der Waals surface area contributed by atoms with Crippen LogP contribution in [0.15, 0.2) is 53.4 Å². The zero-order valence-electron chi connectivity index (χ0n) is 32.2. The monoisotopic (exact) mass is 854 g/mol. The molecule has 2 aromatic carbocycles. The Labute approximate surface area is 329 Å². The smallest absolute Gasteiger partial charge is 0.412 e. The van der Waals surface area contributed by atoms with Gasteiger partial charge in [0.05, 0.1) is 49.9 Å². The minimum atomic E-state index is -4.86. The van der Waals surface area contributed by atoms with Gasteiger partial charge in [0.15, 0.2) is 25.3 Å². The van der Waals surface area contributed by atoms with Gasteiger partial charge >= 0.3 is 25.8 Å². The number of hydrogen-bond acceptors (Lipinski definition) is 14. The maximum atomic E-state index is 13.8. The zero-order chi connectivity index (χ0) is 42.0. The number of halogens is 3. The quantitative estimate of drug-likeness (QED) is 0.127. The number of nitrogens with one attached hydrogen (secondary N) is 1. The molecule has 2 aliphatic heterocycles. The molecule has 2 heterocycles. The summed E-state index contributed by atoms with van der Waals surface area (Å²) in [6.07, 6.45) is -10.3. The molecule has 16 nitrogen and oxygen atoms in total. The number of amides is 1. The van der Waals surface area contributed by atoms with Crippen LogP contribution in [0.3, 0.4) is 0 Å². The summed E-state index contributed by atoms with van der Waals surface area (Å²) in [5.74, 6) is -0.810. The van der Waals surface area contributed by atoms with E-state index in [1.165, 1.54) is 62.6 Å². The van der Waals surface area contributed by atoms with Gasteiger partial charge in [-0.3, -0.25) is 13.6 Å². The van der Waals surface area contributed by atoms with Crippen LogP contribution < -0.4 is 14.8 Å². The van der Waals surface area contributed by atoms with E-state index in [2.05, 4.69) is 9.84 Å². The van der Waals surface area contributed by atoms with Crippen LogP contribution in [0.5, 0.6) is 11.5 Å². The predicted octanol–water partition coefficient (Wildman–Crippen LogP) is 4.88. The van der Waals surface area contributed by atoms with Gasteiger partial charge in [-0.1, -0.05) is 26.0 Å². The average molecular weight is 855 g/mol. The third-order valence-electron chi connectivity index (χ3n) is 8.80. The van der Waals surface area contributed by atoms with E-state index in [-0.39, 0.29) is 48.7 Å². The summed E-state index contributed by atoms with van der Waals surface area (Å²) in [5, 5.41) is 14.3. The lowest BCUT2D eigenvalue weighted by Gasteiger charge is -2.31. The van der Waals surface area contributed by atoms with Crippen LogP contribution in [0.1, 0.15) is 39.7 Å². The molecular weight excluding hydrogens is 804 g/mol. The molecule has 21 heteroatoms. The van der Waals surface area contributed by atoms with Crippen molar-refractivity contribution in [2.24, 2.45) is 11.8 Å². The number of sulfonamides is 1. The van der Waals surface area contributed by atoms with Gasteiger partial charge in [0.25, 0.3) is 0 Å². The number of benzene rings is 2. The van der Waals surface area contributed by atoms with Gasteiger partial charge in [0, 0.05) is 13.1 Å². The van der Waals surface area contributed by atoms with Gasteiger partial charge in [-0.25, -0.2) is 18.0 Å². The maximum Gasteiger partial charge on any atom is 0.412 e. The Bertz CT molecular complexity index is 1770. The van der Waals surface area contributed by atoms with E-state index in [9.17, 15) is 40.8 Å². The van der Waals surface area contributed by atoms with Crippen molar-refractivity contribution in [3.8, 4) is 11.5 Å². The van der Waals surface area contributed by atoms with E-state index >= 15 is 0 Å². The number of nitrogens with zero attached hydrogens (tertiary/aromatic N) is 1. The Morgan fingerprint density at radius 3 is 2.32 bits per heavy atom. The van der Waals surface area contributed by atoms with Crippen LogP contribution in [0.25, 0.3) is 0 Å². The maximum absolute atomic E-state index is 13.8. The first kappa shape index (κ1) is 46.2. The number of methoxy groups -OCH3 is 1. The van der Waals surface area contributed by atoms with Crippen LogP contribution in [0.4, 0.5) is 18.0 Å². The van der Waals surface area contributed by atoms with Crippen molar-refractivity contribution < 1.29 is 78.3 Å². The lowest BCUT2D eigenvalue weighted by molar-refractivity contribution is -0.158. The molecule has 2 aliphatic rings. The second-order valence-electron chi connectivity index (χ2n) is 13.8. The molecule has 0 spiro atoms. The number of fused-ring (bicyclic) bond motifs is 1. The highest BCUT2D eigenvalue weighted by molar-refractivity contribution is 7.89. The van der Waals surface area contributed by atoms with Crippen molar-refractivity contribution in [2.75, 3.05) is 53.0 Å². The van der Waals surface area contributed by atoms with Crippen molar-refractivity contribution in [2.45, 2.75) is 82.3 Å². The lowest BCUT2D eigenvalue weighted by atomic mass is 10.0. The molecule has 0 aliphatic carbocycles. The number of aliphatic hydroxyl groups is 1. The van der Waals surface area contributed by atoms with E-state index in [0.717, 1.165) is 11.2 Å². The van der Waals surface area contributed by atoms with Crippen LogP contribution >= 0.6 is 7.60 Å². The van der Waals surface area contributed by atoms with Crippen molar-refractivity contribution in [1.82, 2.24) is 9.62 Å². The molecule has 0 bridgehead atoms. The number of carbonyl (C=O) groups is 2. The first-order chi connectivity index (χ1) is 26.8. The van der Waals surface area contributed by atoms with Crippen LogP contribution in [-0.4, -0.2) is 120 Å². The molecule has 57 heavy (non-hydrogen) atoms. The molecule has 0 saturated carbocycles. The van der Waals surface area contributed by atoms with E-state index in [4.69, 9.17) is 32.9 Å². The molecule has 2 N–H and O–H groups in total. The molecule has 2 saturated heterocycles. The second kappa shape index (κ2) is 20.5. The standard InChI is InChI=1S/C36H50F3N2O14PS/c1-6-49-33(43)24(4)55-56(45,53-21-36(37,38)39)22-52-27-9-7-25(8-10-27)17-30(40-35(44)54-32-20-51-34-29(32)15-16-50-34)31(42)19-41(18-23(2)3)57(46,47)28-13-11-26(48-5)12-14-28/h7-14,23-24,29-32,34,42H,6,15-22H2,1-5H3,(H,40,44)/t24-,29-,30-,31+,32-,34+,56?/m0/s1. The fourth-order valence-corrected chi connectivity index (χ4v) is 9.04. The van der Waals surface area contributed by atoms with Gasteiger partial charge in [-0.05, 0) is 74.6 Å². The predicted molar refractivity (Wildman–Crippen MR) is 196 cm³/mol. The number of carbonyl (C=O) groups excluding carboxylic acids is 2. The summed E-state index contributed by atoms with van der Waals surface area (Å²) in [6.45, 7) is 4.48. The van der Waals surface area contributed by atoms with E-state index in [1.54, 1.807) is 0 Å². The highest BCUT2D eigenvalue weighted by Gasteiger charge is 2.44. The summed E-state index contributed by atoms with van der Waals surface area (Å²) in [6, 6.07) is 10.5. The largest absolute Gasteiger partial charge is 0.497 e. The minimum Gasteiger partial charge on any atom is -0.497 e. The van der Waals surface area contributed by atoms with Crippen molar-refractivity contribution in [3.05, 3.63) is 54.1 Å². The highest BCUT2D eigenvalue weighted by atomic mass is 32.2. The Morgan fingerprint density at radius 2 is 1.70 bits per heavy atom. The van der Waals surface area contributed by atoms with E-state index < -0.39 is 86.0 Å². The van der Waals surface area contributed by atoms with Gasteiger partial charge in [-0.2, -0.15) is 17.5 Å². The van der Waals surface area contributed by atoms with Gasteiger partial charge in [-0.15, -0.1) is 0 Å². The lowest BCUT2D eigenvalue weighted by Crippen LogP contribution is -2.51. The number of rotatable bonds is 21. The summed E-state index contributed by atoms with van der Waals surface area (Å²) >= 11 is 0. The van der Waals surface area contributed by atoms with Crippen LogP contribution in [0, 0.1) is 11.8 Å². The van der Waals surface area contributed by atoms with E-state index in [0.29, 0.717) is 24.3 Å². The number of aliphatic hydroxyl groups excluding tert-OH is 1. The average Bonchev–Trinajstić information content (AvgIpc) is 3.78. The van der Waals surface area contributed by atoms with Crippen LogP contribution in [0.2, 0.25) is 0 Å². The third kappa shape index (κ3) is 13.8. The third-order valence-corrected chi connectivity index (χ3v) is 12.2. The van der Waals surface area contributed by atoms with E-state index in [1.807, 2.05) is 13.8 Å². The zero-order valence-corrected chi connectivity index (χ0v) is 33.9. The first-order valence-corrected chi connectivity index (χ1v) is 21.4. The fraction of sp³-hybridized carbons (Fsp3) is 0.611. The minimum absolute atomic E-state index is 0.0229. The summed E-state index contributed by atoms with van der Waals surface area (Å²) in [4.78, 5) is 25.3. The topological polar surface area (TPSA) is 195 Å². The molecular formula is C36H50F3N2O14PS. The van der Waals surface area contributed by atoms with Crippen LogP contribution in [-0.2, 0) is 53.8 Å². The molecule has 320 valence electrons. The molecule has 7 atom stereocenters. The number of hydrogen-bond donors (Lipinski definition) is 2. The Kier molecular flexibility index (Phi) is 16.6. The SMILES string of the molecule is CCOC(=O)[C@H](C)OP(=O)(COc1ccc(C[C@H](NC(=O)O[C@H]2CO[C@H]3OCC[C@H]32)[C@H](O)CN(CC(C)C)S(=O)(=O)c2ccc(OC)cc2)cc1)OCC(F)(F)F. The number of alkyl carbamates (subject to hydrolysis) is 1. The number of alkyl halides is 3. The highest BCUT2D eigenvalue weighted by Crippen LogP contribution is 2.50. The molecule has 0 aromatic heterocycles. The second-order valence-corrected chi connectivity index (χ2v) is 17.7. The normalized spacial score (nSPS) is 21.0. The first-order valence-electron chi connectivity index (χ1n) is 18.2. The van der Waals surface area contributed by atoms with Gasteiger partial charge in [0.1, 0.15) is 17.6 Å². The molecule has 4 rings (SSSR count). The number of esters is 1. The number of ether oxygens (including phenoxy) is 6. The molecule has 1 unspecified atom stereocenters. The molecule has 0 radical (unpaired) electrons. The Hall–Kier alpha value is -3.49. The van der Waals surface area contributed by atoms with Gasteiger partial charge < -0.3 is 38.8 Å². The van der Waals surface area contributed by atoms with Crippen molar-refractivity contribution in [3.63, 3.8) is 0 Å². The summed E-state index contributed by atoms with van der Waals surface area (Å²) in [7, 11) is -7.36. The molecule has 1 amide bonds. The van der Waals surface area contributed by atoms with Gasteiger partial charge in [0.2, 0.25) is 10.0 Å².